The number of fused-ring (bicyclic) bond motifs is 1. The molecule has 0 saturated heterocycles. The van der Waals surface area contributed by atoms with E-state index in [0.717, 1.165) is 25.0 Å². The Hall–Kier alpha value is -3.21. The lowest BCUT2D eigenvalue weighted by Gasteiger charge is -2.19. The normalized spacial score (nSPS) is 14.4. The third-order valence-electron chi connectivity index (χ3n) is 5.33. The zero-order chi connectivity index (χ0) is 20.4. The molecule has 1 unspecified atom stereocenters. The average molecular weight is 394 g/mol. The van der Waals surface area contributed by atoms with Gasteiger partial charge in [0.15, 0.2) is 0 Å². The molecule has 0 bridgehead atoms. The van der Waals surface area contributed by atoms with Crippen molar-refractivity contribution in [2.75, 3.05) is 0 Å². The zero-order valence-corrected chi connectivity index (χ0v) is 15.6. The van der Waals surface area contributed by atoms with Crippen LogP contribution in [0.3, 0.4) is 0 Å². The van der Waals surface area contributed by atoms with E-state index in [-0.39, 0.29) is 11.7 Å². The first-order chi connectivity index (χ1) is 14.0. The van der Waals surface area contributed by atoms with Gasteiger partial charge >= 0.3 is 5.97 Å². The Morgan fingerprint density at radius 2 is 1.52 bits per heavy atom. The van der Waals surface area contributed by atoms with Crippen molar-refractivity contribution in [3.8, 4) is 5.75 Å². The molecule has 1 aliphatic rings. The second-order valence-electron chi connectivity index (χ2n) is 7.27. The Bertz CT molecular complexity index is 985. The van der Waals surface area contributed by atoms with Crippen LogP contribution < -0.4 is 4.74 Å². The number of rotatable bonds is 6. The minimum Gasteiger partial charge on any atom is -0.490 e. The molecule has 0 spiro atoms. The van der Waals surface area contributed by atoms with Gasteiger partial charge in [0.25, 0.3) is 0 Å². The van der Waals surface area contributed by atoms with Crippen LogP contribution >= 0.6 is 0 Å². The summed E-state index contributed by atoms with van der Waals surface area (Å²) >= 11 is 0. The molecule has 0 radical (unpaired) electrons. The second kappa shape index (κ2) is 8.03. The molecule has 0 heterocycles. The molecule has 148 valence electrons. The lowest BCUT2D eigenvalue weighted by molar-refractivity contribution is -0.137. The number of carboxylic acid groups (broad SMARTS) is 1. The van der Waals surface area contributed by atoms with Gasteiger partial charge in [-0.25, -0.2) is 8.78 Å². The summed E-state index contributed by atoms with van der Waals surface area (Å²) in [7, 11) is 0. The number of halogens is 2. The Labute approximate surface area is 167 Å². The topological polar surface area (TPSA) is 46.5 Å². The van der Waals surface area contributed by atoms with E-state index in [1.807, 2.05) is 12.1 Å². The van der Waals surface area contributed by atoms with Gasteiger partial charge in [0, 0.05) is 24.3 Å². The minimum absolute atomic E-state index is 0.0390. The summed E-state index contributed by atoms with van der Waals surface area (Å²) in [5.74, 6) is -2.89. The second-order valence-corrected chi connectivity index (χ2v) is 7.27. The van der Waals surface area contributed by atoms with E-state index >= 15 is 0 Å². The zero-order valence-electron chi connectivity index (χ0n) is 15.6. The minimum atomic E-state index is -1.12. The van der Waals surface area contributed by atoms with Crippen LogP contribution in [0.5, 0.6) is 5.75 Å². The van der Waals surface area contributed by atoms with Crippen molar-refractivity contribution in [2.45, 2.75) is 31.3 Å². The maximum atomic E-state index is 14.3. The van der Waals surface area contributed by atoms with Gasteiger partial charge in [-0.1, -0.05) is 42.5 Å². The monoisotopic (exact) mass is 394 g/mol. The first-order valence-corrected chi connectivity index (χ1v) is 9.50. The maximum Gasteiger partial charge on any atom is 0.304 e. The molecule has 29 heavy (non-hydrogen) atoms. The highest BCUT2D eigenvalue weighted by molar-refractivity contribution is 5.69. The van der Waals surface area contributed by atoms with E-state index in [9.17, 15) is 18.7 Å². The summed E-state index contributed by atoms with van der Waals surface area (Å²) in [6.45, 7) is 0. The first-order valence-electron chi connectivity index (χ1n) is 9.50. The molecule has 5 heteroatoms. The van der Waals surface area contributed by atoms with Crippen LogP contribution in [0.25, 0.3) is 0 Å². The van der Waals surface area contributed by atoms with Crippen LogP contribution in [-0.4, -0.2) is 17.2 Å². The highest BCUT2D eigenvalue weighted by Gasteiger charge is 2.25. The van der Waals surface area contributed by atoms with E-state index < -0.39 is 29.9 Å². The number of ether oxygens (including phenoxy) is 1. The summed E-state index contributed by atoms with van der Waals surface area (Å²) in [5, 5.41) is 9.25. The van der Waals surface area contributed by atoms with Gasteiger partial charge < -0.3 is 9.84 Å². The number of aliphatic carboxylic acids is 1. The van der Waals surface area contributed by atoms with E-state index in [2.05, 4.69) is 12.1 Å². The fourth-order valence-electron chi connectivity index (χ4n) is 3.98. The fraction of sp³-hybridized carbons (Fsp3) is 0.208. The van der Waals surface area contributed by atoms with Gasteiger partial charge in [-0.15, -0.1) is 0 Å². The van der Waals surface area contributed by atoms with Gasteiger partial charge in [0.05, 0.1) is 6.42 Å². The number of carbonyl (C=O) groups is 1. The standard InChI is InChI=1S/C24H20F2O3/c25-21-6-3-7-22(26)24(21)20(14-23(27)28)15-8-10-18(11-9-15)29-19-12-16-4-1-2-5-17(16)13-19/h1-11,19-20H,12-14H2,(H,27,28). The van der Waals surface area contributed by atoms with E-state index in [4.69, 9.17) is 4.74 Å². The highest BCUT2D eigenvalue weighted by atomic mass is 19.1. The molecule has 1 aliphatic carbocycles. The maximum absolute atomic E-state index is 14.3. The van der Waals surface area contributed by atoms with Crippen molar-refractivity contribution in [3.05, 3.63) is 101 Å². The van der Waals surface area contributed by atoms with Gasteiger partial charge in [-0.05, 0) is 41.0 Å². The van der Waals surface area contributed by atoms with Crippen molar-refractivity contribution in [2.24, 2.45) is 0 Å². The Morgan fingerprint density at radius 3 is 2.07 bits per heavy atom. The molecule has 0 saturated carbocycles. The third kappa shape index (κ3) is 4.14. The van der Waals surface area contributed by atoms with E-state index in [0.29, 0.717) is 11.3 Å². The predicted molar refractivity (Wildman–Crippen MR) is 105 cm³/mol. The van der Waals surface area contributed by atoms with Crippen LogP contribution in [0, 0.1) is 11.6 Å². The number of hydrogen-bond donors (Lipinski definition) is 1. The fourth-order valence-corrected chi connectivity index (χ4v) is 3.98. The quantitative estimate of drug-likeness (QED) is 0.631. The molecule has 0 aromatic heterocycles. The van der Waals surface area contributed by atoms with Crippen molar-refractivity contribution in [1.29, 1.82) is 0 Å². The Balaban J connectivity index is 1.54. The largest absolute Gasteiger partial charge is 0.490 e. The van der Waals surface area contributed by atoms with Gasteiger partial charge in [-0.2, -0.15) is 0 Å². The lowest BCUT2D eigenvalue weighted by Crippen LogP contribution is -2.16. The summed E-state index contributed by atoms with van der Waals surface area (Å²) in [4.78, 5) is 11.3. The molecule has 0 aliphatic heterocycles. The predicted octanol–water partition coefficient (Wildman–Crippen LogP) is 5.12. The highest BCUT2D eigenvalue weighted by Crippen LogP contribution is 2.33. The van der Waals surface area contributed by atoms with Gasteiger partial charge in [0.1, 0.15) is 23.5 Å². The smallest absolute Gasteiger partial charge is 0.304 e. The first kappa shape index (κ1) is 19.1. The molecule has 3 aromatic rings. The van der Waals surface area contributed by atoms with Crippen molar-refractivity contribution < 1.29 is 23.4 Å². The molecule has 1 N–H and O–H groups in total. The summed E-state index contributed by atoms with van der Waals surface area (Å²) in [6.07, 6.45) is 1.30. The Morgan fingerprint density at radius 1 is 0.931 bits per heavy atom. The summed E-state index contributed by atoms with van der Waals surface area (Å²) in [5.41, 5.74) is 2.87. The van der Waals surface area contributed by atoms with Crippen LogP contribution in [0.2, 0.25) is 0 Å². The SMILES string of the molecule is O=C(O)CC(c1ccc(OC2Cc3ccccc3C2)cc1)c1c(F)cccc1F. The van der Waals surface area contributed by atoms with Crippen LogP contribution in [0.15, 0.2) is 66.7 Å². The molecule has 0 fully saturated rings. The number of hydrogen-bond acceptors (Lipinski definition) is 2. The van der Waals surface area contributed by atoms with Gasteiger partial charge in [-0.3, -0.25) is 4.79 Å². The number of benzene rings is 3. The summed E-state index contributed by atoms with van der Waals surface area (Å²) in [6, 6.07) is 18.6. The molecule has 0 amide bonds. The van der Waals surface area contributed by atoms with Crippen molar-refractivity contribution in [3.63, 3.8) is 0 Å². The van der Waals surface area contributed by atoms with Crippen molar-refractivity contribution in [1.82, 2.24) is 0 Å². The molecule has 3 aromatic carbocycles. The average Bonchev–Trinajstić information content (AvgIpc) is 3.09. The molecule has 1 atom stereocenters. The van der Waals surface area contributed by atoms with Crippen LogP contribution in [0.1, 0.15) is 34.6 Å². The lowest BCUT2D eigenvalue weighted by atomic mass is 9.88. The molecule has 4 rings (SSSR count). The van der Waals surface area contributed by atoms with E-state index in [1.165, 1.54) is 17.2 Å². The van der Waals surface area contributed by atoms with Gasteiger partial charge in [0.2, 0.25) is 0 Å². The number of carboxylic acids is 1. The third-order valence-corrected chi connectivity index (χ3v) is 5.33. The van der Waals surface area contributed by atoms with Crippen LogP contribution in [-0.2, 0) is 17.6 Å². The molecule has 3 nitrogen and oxygen atoms in total. The van der Waals surface area contributed by atoms with Crippen molar-refractivity contribution >= 4 is 5.97 Å². The van der Waals surface area contributed by atoms with Crippen LogP contribution in [0.4, 0.5) is 8.78 Å². The molecular weight excluding hydrogens is 374 g/mol. The molecular formula is C24H20F2O3. The summed E-state index contributed by atoms with van der Waals surface area (Å²) < 4.78 is 34.6. The van der Waals surface area contributed by atoms with E-state index in [1.54, 1.807) is 24.3 Å². The Kier molecular flexibility index (Phi) is 5.30.